The van der Waals surface area contributed by atoms with Gasteiger partial charge in [-0.2, -0.15) is 0 Å². The lowest BCUT2D eigenvalue weighted by molar-refractivity contribution is -0.137. The summed E-state index contributed by atoms with van der Waals surface area (Å²) in [6.45, 7) is 4.31. The molecule has 2 rings (SSSR count). The molecule has 1 fully saturated rings. The van der Waals surface area contributed by atoms with Crippen molar-refractivity contribution in [2.45, 2.75) is 19.4 Å². The summed E-state index contributed by atoms with van der Waals surface area (Å²) in [5, 5.41) is 5.48. The van der Waals surface area contributed by atoms with Gasteiger partial charge in [-0.1, -0.05) is 12.1 Å². The average molecular weight is 259 g/mol. The highest BCUT2D eigenvalue weighted by molar-refractivity contribution is 6.07. The van der Waals surface area contributed by atoms with Crippen LogP contribution in [0.1, 0.15) is 18.4 Å². The van der Waals surface area contributed by atoms with Crippen molar-refractivity contribution < 1.29 is 9.59 Å². The number of carbonyl (C=O) groups is 2. The Bertz CT molecular complexity index is 481. The number of nitrogens with one attached hydrogen (secondary N) is 2. The molecule has 0 unspecified atom stereocenters. The lowest BCUT2D eigenvalue weighted by Gasteiger charge is -2.14. The van der Waals surface area contributed by atoms with Gasteiger partial charge in [-0.15, -0.1) is 6.58 Å². The first-order valence-corrected chi connectivity index (χ1v) is 6.25. The molecular weight excluding hydrogens is 242 g/mol. The molecule has 1 aliphatic rings. The maximum Gasteiger partial charge on any atom is 0.235 e. The Kier molecular flexibility index (Phi) is 3.94. The average Bonchev–Trinajstić information content (AvgIpc) is 3.25. The Morgan fingerprint density at radius 3 is 2.68 bits per heavy atom. The molecule has 1 heterocycles. The predicted octanol–water partition coefficient (Wildman–Crippen LogP) is 0.780. The fourth-order valence-corrected chi connectivity index (χ4v) is 1.87. The largest absolute Gasteiger partial charge is 0.352 e. The zero-order valence-electron chi connectivity index (χ0n) is 10.7. The van der Waals surface area contributed by atoms with E-state index in [2.05, 4.69) is 22.2 Å². The molecule has 1 aromatic rings. The van der Waals surface area contributed by atoms with E-state index in [0.717, 1.165) is 5.56 Å². The first kappa shape index (κ1) is 13.3. The van der Waals surface area contributed by atoms with Crippen LogP contribution in [-0.2, 0) is 16.1 Å². The van der Waals surface area contributed by atoms with Crippen LogP contribution in [0.5, 0.6) is 0 Å². The normalized spacial score (nSPS) is 15.4. The van der Waals surface area contributed by atoms with Crippen LogP contribution in [0.25, 0.3) is 0 Å². The number of hydrogen-bond acceptors (Lipinski definition) is 3. The fourth-order valence-electron chi connectivity index (χ4n) is 1.87. The molecule has 2 amide bonds. The molecule has 0 spiro atoms. The lowest BCUT2D eigenvalue weighted by atomic mass is 10.1. The topological polar surface area (TPSA) is 71.1 Å². The van der Waals surface area contributed by atoms with Crippen molar-refractivity contribution in [3.05, 3.63) is 42.7 Å². The smallest absolute Gasteiger partial charge is 0.235 e. The minimum absolute atomic E-state index is 0.210. The number of rotatable bonds is 6. The van der Waals surface area contributed by atoms with Crippen LogP contribution in [-0.4, -0.2) is 23.3 Å². The molecule has 0 radical (unpaired) electrons. The number of pyridine rings is 1. The first-order valence-electron chi connectivity index (χ1n) is 6.25. The van der Waals surface area contributed by atoms with E-state index in [1.54, 1.807) is 18.5 Å². The molecule has 0 aliphatic heterocycles. The van der Waals surface area contributed by atoms with Gasteiger partial charge in [0.15, 0.2) is 0 Å². The van der Waals surface area contributed by atoms with Crippen molar-refractivity contribution in [3.63, 3.8) is 0 Å². The van der Waals surface area contributed by atoms with Crippen LogP contribution >= 0.6 is 0 Å². The Labute approximate surface area is 112 Å². The highest BCUT2D eigenvalue weighted by Gasteiger charge is 2.56. The van der Waals surface area contributed by atoms with Gasteiger partial charge >= 0.3 is 0 Å². The maximum atomic E-state index is 12.1. The summed E-state index contributed by atoms with van der Waals surface area (Å²) in [6, 6.07) is 3.69. The van der Waals surface area contributed by atoms with E-state index in [1.165, 1.54) is 0 Å². The molecule has 19 heavy (non-hydrogen) atoms. The van der Waals surface area contributed by atoms with Crippen LogP contribution in [0.4, 0.5) is 0 Å². The Morgan fingerprint density at radius 1 is 1.37 bits per heavy atom. The van der Waals surface area contributed by atoms with Crippen LogP contribution in [0.3, 0.4) is 0 Å². The third-order valence-electron chi connectivity index (χ3n) is 3.20. The summed E-state index contributed by atoms with van der Waals surface area (Å²) >= 11 is 0. The van der Waals surface area contributed by atoms with Gasteiger partial charge in [0.2, 0.25) is 11.8 Å². The van der Waals surface area contributed by atoms with Crippen LogP contribution in [0.15, 0.2) is 37.2 Å². The third kappa shape index (κ3) is 2.99. The molecule has 1 aromatic heterocycles. The molecule has 0 saturated heterocycles. The minimum atomic E-state index is -0.870. The summed E-state index contributed by atoms with van der Waals surface area (Å²) in [7, 11) is 0. The summed E-state index contributed by atoms with van der Waals surface area (Å²) in [6.07, 6.45) is 6.18. The van der Waals surface area contributed by atoms with E-state index in [-0.39, 0.29) is 11.8 Å². The maximum absolute atomic E-state index is 12.1. The Balaban J connectivity index is 1.89. The van der Waals surface area contributed by atoms with Crippen molar-refractivity contribution in [2.24, 2.45) is 5.41 Å². The van der Waals surface area contributed by atoms with Gasteiger partial charge in [-0.25, -0.2) is 0 Å². The van der Waals surface area contributed by atoms with Crippen molar-refractivity contribution in [3.8, 4) is 0 Å². The number of nitrogens with zero attached hydrogens (tertiary/aromatic N) is 1. The fraction of sp³-hybridized carbons (Fsp3) is 0.357. The second kappa shape index (κ2) is 5.65. The van der Waals surface area contributed by atoms with E-state index in [1.807, 2.05) is 12.1 Å². The molecule has 0 atom stereocenters. The molecule has 1 aliphatic carbocycles. The second-order valence-electron chi connectivity index (χ2n) is 4.62. The van der Waals surface area contributed by atoms with E-state index in [4.69, 9.17) is 0 Å². The summed E-state index contributed by atoms with van der Waals surface area (Å²) < 4.78 is 0. The van der Waals surface area contributed by atoms with Gasteiger partial charge in [-0.05, 0) is 24.5 Å². The monoisotopic (exact) mass is 259 g/mol. The molecule has 5 nitrogen and oxygen atoms in total. The number of hydrogen-bond donors (Lipinski definition) is 2. The van der Waals surface area contributed by atoms with Gasteiger partial charge in [0.05, 0.1) is 0 Å². The Hall–Kier alpha value is -2.17. The quantitative estimate of drug-likeness (QED) is 0.586. The van der Waals surface area contributed by atoms with Crippen LogP contribution in [0, 0.1) is 5.41 Å². The van der Waals surface area contributed by atoms with E-state index >= 15 is 0 Å². The third-order valence-corrected chi connectivity index (χ3v) is 3.20. The van der Waals surface area contributed by atoms with Gasteiger partial charge in [-0.3, -0.25) is 14.6 Å². The van der Waals surface area contributed by atoms with E-state index in [9.17, 15) is 9.59 Å². The van der Waals surface area contributed by atoms with Gasteiger partial charge < -0.3 is 10.6 Å². The van der Waals surface area contributed by atoms with Crippen molar-refractivity contribution in [1.82, 2.24) is 15.6 Å². The van der Waals surface area contributed by atoms with Crippen molar-refractivity contribution in [1.29, 1.82) is 0 Å². The Morgan fingerprint density at radius 2 is 2.11 bits per heavy atom. The molecular formula is C14H17N3O2. The molecule has 2 N–H and O–H groups in total. The lowest BCUT2D eigenvalue weighted by Crippen LogP contribution is -2.42. The zero-order valence-corrected chi connectivity index (χ0v) is 10.7. The number of carbonyl (C=O) groups excluding carboxylic acids is 2. The molecule has 5 heteroatoms. The summed E-state index contributed by atoms with van der Waals surface area (Å²) in [5.41, 5.74) is 0.0451. The van der Waals surface area contributed by atoms with Crippen molar-refractivity contribution in [2.75, 3.05) is 6.54 Å². The molecule has 1 saturated carbocycles. The summed E-state index contributed by atoms with van der Waals surface area (Å²) in [4.78, 5) is 28.0. The van der Waals surface area contributed by atoms with Crippen LogP contribution in [0.2, 0.25) is 0 Å². The molecule has 0 aromatic carbocycles. The standard InChI is InChI=1S/C14H17N3O2/c1-2-7-16-12(18)14(5-6-14)13(19)17-10-11-4-3-8-15-9-11/h2-4,8-9H,1,5-7,10H2,(H,16,18)(H,17,19). The van der Waals surface area contributed by atoms with Gasteiger partial charge in [0.25, 0.3) is 0 Å². The first-order chi connectivity index (χ1) is 9.19. The van der Waals surface area contributed by atoms with Gasteiger partial charge in [0.1, 0.15) is 5.41 Å². The van der Waals surface area contributed by atoms with Crippen LogP contribution < -0.4 is 10.6 Å². The second-order valence-corrected chi connectivity index (χ2v) is 4.62. The SMILES string of the molecule is C=CCNC(=O)C1(C(=O)NCc2cccnc2)CC1. The zero-order chi connectivity index (χ0) is 13.7. The molecule has 100 valence electrons. The minimum Gasteiger partial charge on any atom is -0.352 e. The van der Waals surface area contributed by atoms with E-state index < -0.39 is 5.41 Å². The highest BCUT2D eigenvalue weighted by Crippen LogP contribution is 2.46. The van der Waals surface area contributed by atoms with Crippen molar-refractivity contribution >= 4 is 11.8 Å². The summed E-state index contributed by atoms with van der Waals surface area (Å²) in [5.74, 6) is -0.422. The molecule has 0 bridgehead atoms. The van der Waals surface area contributed by atoms with E-state index in [0.29, 0.717) is 25.9 Å². The highest BCUT2D eigenvalue weighted by atomic mass is 16.2. The number of amides is 2. The predicted molar refractivity (Wildman–Crippen MR) is 71.0 cm³/mol. The number of aromatic nitrogens is 1. The van der Waals surface area contributed by atoms with Gasteiger partial charge in [0, 0.05) is 25.5 Å².